The Morgan fingerprint density at radius 3 is 2.57 bits per heavy atom. The number of H-pyrrole nitrogens is 1. The van der Waals surface area contributed by atoms with Crippen molar-refractivity contribution < 1.29 is 9.18 Å². The number of benzene rings is 2. The highest BCUT2D eigenvalue weighted by atomic mass is 35.5. The van der Waals surface area contributed by atoms with Gasteiger partial charge in [-0.1, -0.05) is 11.6 Å². The summed E-state index contributed by atoms with van der Waals surface area (Å²) in [7, 11) is 0. The summed E-state index contributed by atoms with van der Waals surface area (Å²) in [6.07, 6.45) is 0. The topological polar surface area (TPSA) is 70.9 Å². The van der Waals surface area contributed by atoms with E-state index < -0.39 is 5.91 Å². The van der Waals surface area contributed by atoms with Crippen LogP contribution in [0.15, 0.2) is 42.5 Å². The van der Waals surface area contributed by atoms with E-state index in [1.165, 1.54) is 12.1 Å². The number of aromatic nitrogens is 1. The maximum absolute atomic E-state index is 13.1. The highest BCUT2D eigenvalue weighted by Gasteiger charge is 2.19. The number of fused-ring (bicyclic) bond motifs is 1. The minimum absolute atomic E-state index is 0.345. The smallest absolute Gasteiger partial charge is 0.267 e. The molecule has 4 N–H and O–H groups in total. The van der Waals surface area contributed by atoms with Gasteiger partial charge in [-0.3, -0.25) is 10.2 Å². The monoisotopic (exact) mass is 303 g/mol. The van der Waals surface area contributed by atoms with Gasteiger partial charge in [0, 0.05) is 15.9 Å². The average Bonchev–Trinajstić information content (AvgIpc) is 2.85. The third-order valence-electron chi connectivity index (χ3n) is 3.25. The summed E-state index contributed by atoms with van der Waals surface area (Å²) < 4.78 is 13.1. The Kier molecular flexibility index (Phi) is 3.37. The summed E-state index contributed by atoms with van der Waals surface area (Å²) in [6.45, 7) is 0. The summed E-state index contributed by atoms with van der Waals surface area (Å²) in [5.41, 5.74) is 4.50. The summed E-state index contributed by atoms with van der Waals surface area (Å²) in [6, 6.07) is 11.0. The predicted octanol–water partition coefficient (Wildman–Crippen LogP) is 3.23. The van der Waals surface area contributed by atoms with Crippen LogP contribution in [0.4, 0.5) is 4.39 Å². The second kappa shape index (κ2) is 5.20. The van der Waals surface area contributed by atoms with Crippen LogP contribution in [0.25, 0.3) is 22.2 Å². The molecule has 6 heteroatoms. The zero-order chi connectivity index (χ0) is 15.0. The van der Waals surface area contributed by atoms with E-state index in [1.807, 2.05) is 0 Å². The van der Waals surface area contributed by atoms with E-state index in [0.29, 0.717) is 27.2 Å². The van der Waals surface area contributed by atoms with Crippen molar-refractivity contribution in [1.29, 1.82) is 0 Å². The number of carbonyl (C=O) groups is 1. The molecule has 0 saturated carbocycles. The van der Waals surface area contributed by atoms with Crippen molar-refractivity contribution in [2.24, 2.45) is 5.84 Å². The quantitative estimate of drug-likeness (QED) is 0.386. The predicted molar refractivity (Wildman–Crippen MR) is 80.4 cm³/mol. The molecule has 1 amide bonds. The van der Waals surface area contributed by atoms with Gasteiger partial charge in [-0.05, 0) is 48.0 Å². The van der Waals surface area contributed by atoms with Gasteiger partial charge in [-0.15, -0.1) is 0 Å². The Hall–Kier alpha value is -2.37. The molecule has 0 radical (unpaired) electrons. The number of hydrogen-bond acceptors (Lipinski definition) is 2. The lowest BCUT2D eigenvalue weighted by Crippen LogP contribution is -2.30. The van der Waals surface area contributed by atoms with Gasteiger partial charge in [0.25, 0.3) is 5.91 Å². The zero-order valence-corrected chi connectivity index (χ0v) is 11.5. The molecule has 3 aromatic rings. The van der Waals surface area contributed by atoms with Crippen molar-refractivity contribution in [3.05, 3.63) is 58.9 Å². The van der Waals surface area contributed by atoms with Crippen molar-refractivity contribution in [3.8, 4) is 11.3 Å². The lowest BCUT2D eigenvalue weighted by atomic mass is 10.0. The van der Waals surface area contributed by atoms with E-state index in [2.05, 4.69) is 10.4 Å². The second-order valence-electron chi connectivity index (χ2n) is 4.55. The van der Waals surface area contributed by atoms with E-state index in [1.54, 1.807) is 30.3 Å². The molecule has 0 aliphatic rings. The van der Waals surface area contributed by atoms with Crippen LogP contribution in [-0.2, 0) is 0 Å². The average molecular weight is 304 g/mol. The molecule has 0 fully saturated rings. The molecule has 0 aliphatic carbocycles. The minimum atomic E-state index is -0.442. The Morgan fingerprint density at radius 2 is 1.90 bits per heavy atom. The van der Waals surface area contributed by atoms with E-state index >= 15 is 0 Å². The summed E-state index contributed by atoms with van der Waals surface area (Å²) in [4.78, 5) is 15.2. The minimum Gasteiger partial charge on any atom is -0.354 e. The van der Waals surface area contributed by atoms with Crippen LogP contribution in [0.2, 0.25) is 5.02 Å². The number of nitrogens with two attached hydrogens (primary N) is 1. The number of rotatable bonds is 2. The number of hydrazine groups is 1. The number of aromatic amines is 1. The molecule has 0 saturated heterocycles. The van der Waals surface area contributed by atoms with Gasteiger partial charge in [0.1, 0.15) is 5.82 Å². The SMILES string of the molecule is NNC(=O)c1c(-c2ccc(F)cc2)[nH]c2ccc(Cl)cc12. The lowest BCUT2D eigenvalue weighted by Gasteiger charge is -2.04. The van der Waals surface area contributed by atoms with Crippen LogP contribution in [0, 0.1) is 5.82 Å². The molecule has 0 spiro atoms. The fourth-order valence-corrected chi connectivity index (χ4v) is 2.48. The third-order valence-corrected chi connectivity index (χ3v) is 3.49. The third kappa shape index (κ3) is 2.37. The van der Waals surface area contributed by atoms with E-state index in [4.69, 9.17) is 17.4 Å². The highest BCUT2D eigenvalue weighted by Crippen LogP contribution is 2.32. The molecule has 106 valence electrons. The van der Waals surface area contributed by atoms with E-state index in [-0.39, 0.29) is 5.82 Å². The second-order valence-corrected chi connectivity index (χ2v) is 4.98. The van der Waals surface area contributed by atoms with Crippen LogP contribution >= 0.6 is 11.6 Å². The summed E-state index contributed by atoms with van der Waals surface area (Å²) in [5, 5.41) is 1.17. The summed E-state index contributed by atoms with van der Waals surface area (Å²) >= 11 is 5.99. The first-order valence-electron chi connectivity index (χ1n) is 6.18. The number of nitrogens with one attached hydrogen (secondary N) is 2. The lowest BCUT2D eigenvalue weighted by molar-refractivity contribution is 0.0956. The molecule has 21 heavy (non-hydrogen) atoms. The molecule has 0 bridgehead atoms. The van der Waals surface area contributed by atoms with Gasteiger partial charge in [0.15, 0.2) is 0 Å². The van der Waals surface area contributed by atoms with Crippen LogP contribution in [0.5, 0.6) is 0 Å². The van der Waals surface area contributed by atoms with E-state index in [0.717, 1.165) is 5.52 Å². The van der Waals surface area contributed by atoms with Crippen LogP contribution in [0.3, 0.4) is 0 Å². The molecule has 2 aromatic carbocycles. The maximum atomic E-state index is 13.1. The highest BCUT2D eigenvalue weighted by molar-refractivity contribution is 6.31. The van der Waals surface area contributed by atoms with Crippen molar-refractivity contribution >= 4 is 28.4 Å². The first kappa shape index (κ1) is 13.6. The van der Waals surface area contributed by atoms with Crippen molar-refractivity contribution in [1.82, 2.24) is 10.4 Å². The first-order chi connectivity index (χ1) is 10.1. The zero-order valence-electron chi connectivity index (χ0n) is 10.8. The summed E-state index contributed by atoms with van der Waals surface area (Å²) in [5.74, 6) is 4.47. The molecule has 1 aromatic heterocycles. The van der Waals surface area contributed by atoms with Crippen LogP contribution in [0.1, 0.15) is 10.4 Å². The Bertz CT molecular complexity index is 827. The normalized spacial score (nSPS) is 10.8. The maximum Gasteiger partial charge on any atom is 0.267 e. The van der Waals surface area contributed by atoms with Gasteiger partial charge < -0.3 is 4.98 Å². The number of amides is 1. The number of halogens is 2. The largest absolute Gasteiger partial charge is 0.354 e. The molecule has 3 rings (SSSR count). The molecule has 0 unspecified atom stereocenters. The molecular formula is C15H11ClFN3O. The van der Waals surface area contributed by atoms with Crippen LogP contribution < -0.4 is 11.3 Å². The molecular weight excluding hydrogens is 293 g/mol. The first-order valence-corrected chi connectivity index (χ1v) is 6.56. The van der Waals surface area contributed by atoms with Gasteiger partial charge >= 0.3 is 0 Å². The molecule has 0 atom stereocenters. The van der Waals surface area contributed by atoms with Gasteiger partial charge in [-0.25, -0.2) is 10.2 Å². The van der Waals surface area contributed by atoms with Crippen molar-refractivity contribution in [2.75, 3.05) is 0 Å². The van der Waals surface area contributed by atoms with Crippen molar-refractivity contribution in [3.63, 3.8) is 0 Å². The standard InChI is InChI=1S/C15H11ClFN3O/c16-9-3-6-12-11(7-9)13(15(21)20-18)14(19-12)8-1-4-10(17)5-2-8/h1-7,19H,18H2,(H,20,21). The fraction of sp³-hybridized carbons (Fsp3) is 0. The molecule has 0 aliphatic heterocycles. The van der Waals surface area contributed by atoms with Gasteiger partial charge in [-0.2, -0.15) is 0 Å². The molecule has 4 nitrogen and oxygen atoms in total. The van der Waals surface area contributed by atoms with Crippen molar-refractivity contribution in [2.45, 2.75) is 0 Å². The van der Waals surface area contributed by atoms with Crippen LogP contribution in [-0.4, -0.2) is 10.9 Å². The number of carbonyl (C=O) groups excluding carboxylic acids is 1. The Labute approximate surface area is 124 Å². The van der Waals surface area contributed by atoms with E-state index in [9.17, 15) is 9.18 Å². The number of hydrogen-bond donors (Lipinski definition) is 3. The number of nitrogen functional groups attached to an aromatic ring is 1. The Morgan fingerprint density at radius 1 is 1.19 bits per heavy atom. The Balaban J connectivity index is 2.30. The molecule has 1 heterocycles. The fourth-order valence-electron chi connectivity index (χ4n) is 2.31. The van der Waals surface area contributed by atoms with Gasteiger partial charge in [0.05, 0.1) is 11.3 Å². The van der Waals surface area contributed by atoms with Gasteiger partial charge in [0.2, 0.25) is 0 Å².